The molecule has 2 aromatic carbocycles. The molecule has 0 atom stereocenters. The molecule has 0 radical (unpaired) electrons. The normalized spacial score (nSPS) is 10.6. The fraction of sp³-hybridized carbons (Fsp3) is 0.0909. The number of methoxy groups -OCH3 is 2. The Morgan fingerprint density at radius 1 is 1.10 bits per heavy atom. The van der Waals surface area contributed by atoms with E-state index < -0.39 is 5.97 Å². The van der Waals surface area contributed by atoms with E-state index in [2.05, 4.69) is 16.0 Å². The predicted octanol–water partition coefficient (Wildman–Crippen LogP) is 3.67. The second kappa shape index (κ2) is 7.56. The number of nitrogens with zero attached hydrogens (tertiary/aromatic N) is 4. The molecule has 1 N–H and O–H groups in total. The largest absolute Gasteiger partial charge is 0.493 e. The van der Waals surface area contributed by atoms with Crippen LogP contribution < -0.4 is 9.47 Å². The molecule has 0 aliphatic rings. The van der Waals surface area contributed by atoms with E-state index in [1.807, 2.05) is 0 Å². The molecule has 0 saturated heterocycles. The van der Waals surface area contributed by atoms with Crippen LogP contribution in [0.1, 0.15) is 15.9 Å². The molecule has 148 valence electrons. The molecule has 30 heavy (non-hydrogen) atoms. The van der Waals surface area contributed by atoms with E-state index in [9.17, 15) is 15.2 Å². The topological polar surface area (TPSA) is 110 Å². The molecular formula is C22H16N4O4. The fourth-order valence-corrected chi connectivity index (χ4v) is 3.23. The first-order valence-electron chi connectivity index (χ1n) is 8.90. The van der Waals surface area contributed by atoms with Gasteiger partial charge in [0.2, 0.25) is 0 Å². The predicted molar refractivity (Wildman–Crippen MR) is 109 cm³/mol. The van der Waals surface area contributed by atoms with Crippen molar-refractivity contribution in [1.29, 1.82) is 5.26 Å². The molecule has 0 bridgehead atoms. The average Bonchev–Trinajstić information content (AvgIpc) is 3.20. The molecule has 4 aromatic rings. The molecule has 0 aliphatic carbocycles. The van der Waals surface area contributed by atoms with Gasteiger partial charge in [0.25, 0.3) is 0 Å². The molecule has 2 heterocycles. The minimum absolute atomic E-state index is 0.0394. The number of benzene rings is 2. The van der Waals surface area contributed by atoms with Crippen LogP contribution in [0.5, 0.6) is 11.5 Å². The molecule has 0 spiro atoms. The van der Waals surface area contributed by atoms with E-state index >= 15 is 0 Å². The number of rotatable bonds is 5. The van der Waals surface area contributed by atoms with Crippen LogP contribution in [0.25, 0.3) is 28.1 Å². The third kappa shape index (κ3) is 3.18. The summed E-state index contributed by atoms with van der Waals surface area (Å²) < 4.78 is 12.4. The number of imidazole rings is 1. The van der Waals surface area contributed by atoms with Crippen molar-refractivity contribution in [1.82, 2.24) is 14.5 Å². The molecule has 0 amide bonds. The van der Waals surface area contributed by atoms with Crippen LogP contribution in [0.2, 0.25) is 0 Å². The summed E-state index contributed by atoms with van der Waals surface area (Å²) in [6.45, 7) is 0. The highest BCUT2D eigenvalue weighted by molar-refractivity contribution is 5.95. The van der Waals surface area contributed by atoms with Gasteiger partial charge in [-0.1, -0.05) is 12.1 Å². The van der Waals surface area contributed by atoms with Gasteiger partial charge in [0.1, 0.15) is 12.1 Å². The van der Waals surface area contributed by atoms with Crippen molar-refractivity contribution in [3.63, 3.8) is 0 Å². The van der Waals surface area contributed by atoms with E-state index in [0.29, 0.717) is 34.0 Å². The van der Waals surface area contributed by atoms with Crippen LogP contribution in [-0.4, -0.2) is 39.8 Å². The number of aromatic nitrogens is 3. The molecule has 0 aliphatic heterocycles. The average molecular weight is 400 g/mol. The first-order valence-corrected chi connectivity index (χ1v) is 8.90. The van der Waals surface area contributed by atoms with Gasteiger partial charge in [-0.15, -0.1) is 0 Å². The van der Waals surface area contributed by atoms with Crippen LogP contribution in [0.4, 0.5) is 0 Å². The maximum atomic E-state index is 11.8. The number of nitriles is 1. The molecule has 8 heteroatoms. The minimum Gasteiger partial charge on any atom is -0.493 e. The Bertz CT molecular complexity index is 1320. The van der Waals surface area contributed by atoms with Gasteiger partial charge >= 0.3 is 5.97 Å². The Labute approximate surface area is 171 Å². The first-order chi connectivity index (χ1) is 14.5. The monoisotopic (exact) mass is 400 g/mol. The third-order valence-corrected chi connectivity index (χ3v) is 4.68. The summed E-state index contributed by atoms with van der Waals surface area (Å²) in [5.74, 6) is 0.467. The number of pyridine rings is 1. The van der Waals surface area contributed by atoms with Gasteiger partial charge in [0.05, 0.1) is 48.1 Å². The number of aromatic carboxylic acids is 1. The van der Waals surface area contributed by atoms with Crippen LogP contribution in [0, 0.1) is 11.3 Å². The number of hydrogen-bond donors (Lipinski definition) is 1. The highest BCUT2D eigenvalue weighted by Gasteiger charge is 2.17. The van der Waals surface area contributed by atoms with Gasteiger partial charge in [0.15, 0.2) is 11.5 Å². The Balaban J connectivity index is 1.92. The van der Waals surface area contributed by atoms with Crippen LogP contribution in [0.15, 0.2) is 54.9 Å². The van der Waals surface area contributed by atoms with E-state index in [1.54, 1.807) is 67.6 Å². The van der Waals surface area contributed by atoms with Gasteiger partial charge in [-0.25, -0.2) is 14.8 Å². The molecule has 0 fully saturated rings. The molecule has 8 nitrogen and oxygen atoms in total. The Morgan fingerprint density at radius 3 is 2.57 bits per heavy atom. The molecule has 0 unspecified atom stereocenters. The summed E-state index contributed by atoms with van der Waals surface area (Å²) in [6.07, 6.45) is 1.60. The van der Waals surface area contributed by atoms with Crippen molar-refractivity contribution < 1.29 is 19.4 Å². The molecule has 4 rings (SSSR count). The maximum Gasteiger partial charge on any atom is 0.337 e. The summed E-state index contributed by atoms with van der Waals surface area (Å²) in [5, 5.41) is 18.8. The van der Waals surface area contributed by atoms with Crippen LogP contribution in [0.3, 0.4) is 0 Å². The smallest absolute Gasteiger partial charge is 0.337 e. The van der Waals surface area contributed by atoms with Crippen molar-refractivity contribution in [3.8, 4) is 34.6 Å². The summed E-state index contributed by atoms with van der Waals surface area (Å²) >= 11 is 0. The zero-order valence-corrected chi connectivity index (χ0v) is 16.2. The Morgan fingerprint density at radius 2 is 1.87 bits per heavy atom. The zero-order valence-electron chi connectivity index (χ0n) is 16.2. The lowest BCUT2D eigenvalue weighted by Gasteiger charge is -2.11. The summed E-state index contributed by atoms with van der Waals surface area (Å²) in [6, 6.07) is 15.4. The van der Waals surface area contributed by atoms with Crippen molar-refractivity contribution in [2.24, 2.45) is 0 Å². The standard InChI is InChI=1S/C22H16N4O4/c1-29-18-9-16-17(10-19(18)30-2)26(12-24-16)20-7-6-15(22(27)28)21(25-20)14-5-3-4-13(8-14)11-23/h3-10,12H,1-2H3,(H,27,28). The maximum absolute atomic E-state index is 11.8. The second-order valence-corrected chi connectivity index (χ2v) is 6.37. The summed E-state index contributed by atoms with van der Waals surface area (Å²) in [5.41, 5.74) is 2.65. The highest BCUT2D eigenvalue weighted by Crippen LogP contribution is 2.33. The number of ether oxygens (including phenoxy) is 2. The molecule has 0 saturated carbocycles. The SMILES string of the molecule is COc1cc2ncn(-c3ccc(C(=O)O)c(-c4cccc(C#N)c4)n3)c2cc1OC. The lowest BCUT2D eigenvalue weighted by molar-refractivity contribution is 0.0697. The number of fused-ring (bicyclic) bond motifs is 1. The van der Waals surface area contributed by atoms with E-state index in [1.165, 1.54) is 6.07 Å². The lowest BCUT2D eigenvalue weighted by atomic mass is 10.0. The zero-order chi connectivity index (χ0) is 21.3. The molecular weight excluding hydrogens is 384 g/mol. The van der Waals surface area contributed by atoms with Gasteiger partial charge in [-0.05, 0) is 24.3 Å². The summed E-state index contributed by atoms with van der Waals surface area (Å²) in [4.78, 5) is 20.7. The van der Waals surface area contributed by atoms with Gasteiger partial charge < -0.3 is 14.6 Å². The van der Waals surface area contributed by atoms with Gasteiger partial charge in [0, 0.05) is 17.7 Å². The van der Waals surface area contributed by atoms with E-state index in [4.69, 9.17) is 9.47 Å². The minimum atomic E-state index is -1.10. The van der Waals surface area contributed by atoms with Crippen LogP contribution >= 0.6 is 0 Å². The van der Waals surface area contributed by atoms with E-state index in [-0.39, 0.29) is 11.3 Å². The van der Waals surface area contributed by atoms with Crippen molar-refractivity contribution in [2.75, 3.05) is 14.2 Å². The highest BCUT2D eigenvalue weighted by atomic mass is 16.5. The number of carboxylic acids is 1. The van der Waals surface area contributed by atoms with Crippen molar-refractivity contribution >= 4 is 17.0 Å². The Hall–Kier alpha value is -4.38. The van der Waals surface area contributed by atoms with Gasteiger partial charge in [-0.3, -0.25) is 4.57 Å². The quantitative estimate of drug-likeness (QED) is 0.544. The second-order valence-electron chi connectivity index (χ2n) is 6.37. The summed E-state index contributed by atoms with van der Waals surface area (Å²) in [7, 11) is 3.10. The number of carboxylic acid groups (broad SMARTS) is 1. The van der Waals surface area contributed by atoms with Crippen LogP contribution in [-0.2, 0) is 0 Å². The fourth-order valence-electron chi connectivity index (χ4n) is 3.23. The molecule has 2 aromatic heterocycles. The van der Waals surface area contributed by atoms with Crippen molar-refractivity contribution in [3.05, 3.63) is 66.0 Å². The van der Waals surface area contributed by atoms with Crippen molar-refractivity contribution in [2.45, 2.75) is 0 Å². The van der Waals surface area contributed by atoms with E-state index in [0.717, 1.165) is 5.52 Å². The first kappa shape index (κ1) is 19.0. The number of hydrogen-bond acceptors (Lipinski definition) is 6. The number of carbonyl (C=O) groups is 1. The third-order valence-electron chi connectivity index (χ3n) is 4.68. The lowest BCUT2D eigenvalue weighted by Crippen LogP contribution is -2.05. The Kier molecular flexibility index (Phi) is 4.78. The van der Waals surface area contributed by atoms with Gasteiger partial charge in [-0.2, -0.15) is 5.26 Å².